The predicted octanol–water partition coefficient (Wildman–Crippen LogP) is 4.77. The highest BCUT2D eigenvalue weighted by molar-refractivity contribution is 6.09. The summed E-state index contributed by atoms with van der Waals surface area (Å²) in [6.45, 7) is 7.82. The zero-order valence-electron chi connectivity index (χ0n) is 22.1. The summed E-state index contributed by atoms with van der Waals surface area (Å²) in [6.07, 6.45) is 7.04. The Labute approximate surface area is 246 Å². The number of benzene rings is 1. The van der Waals surface area contributed by atoms with Crippen molar-refractivity contribution in [2.45, 2.75) is 26.9 Å². The lowest BCUT2D eigenvalue weighted by molar-refractivity contribution is 0.0328. The van der Waals surface area contributed by atoms with Crippen LogP contribution in [0.5, 0.6) is 5.75 Å². The summed E-state index contributed by atoms with van der Waals surface area (Å²) in [7, 11) is 1.97. The summed E-state index contributed by atoms with van der Waals surface area (Å²) in [5.41, 5.74) is 4.33. The highest BCUT2D eigenvalue weighted by Crippen LogP contribution is 2.42. The number of morpholine rings is 1. The lowest BCUT2D eigenvalue weighted by atomic mass is 9.96. The largest absolute Gasteiger partial charge is 0.507 e. The maximum Gasteiger partial charge on any atom is 0.340 e. The van der Waals surface area contributed by atoms with Crippen LogP contribution in [0.15, 0.2) is 43.0 Å². The molecule has 1 fully saturated rings. The Balaban J connectivity index is 0.00000178. The Kier molecular flexibility index (Phi) is 11.6. The molecule has 0 amide bonds. The van der Waals surface area contributed by atoms with Crippen LogP contribution in [0.1, 0.15) is 34.4 Å². The van der Waals surface area contributed by atoms with Crippen LogP contribution < -0.4 is 0 Å². The molecule has 39 heavy (non-hydrogen) atoms. The van der Waals surface area contributed by atoms with Crippen LogP contribution in [0.4, 0.5) is 0 Å². The molecule has 9 nitrogen and oxygen atoms in total. The summed E-state index contributed by atoms with van der Waals surface area (Å²) in [5, 5.41) is 12.3. The van der Waals surface area contributed by atoms with Crippen LogP contribution >= 0.6 is 37.2 Å². The first kappa shape index (κ1) is 32.4. The van der Waals surface area contributed by atoms with Gasteiger partial charge < -0.3 is 23.7 Å². The second-order valence-corrected chi connectivity index (χ2v) is 8.98. The molecule has 12 heteroatoms. The summed E-state index contributed by atoms with van der Waals surface area (Å²) in [6, 6.07) is 5.71. The number of pyridine rings is 1. The van der Waals surface area contributed by atoms with Crippen LogP contribution in [-0.2, 0) is 29.6 Å². The molecule has 0 atom stereocenters. The van der Waals surface area contributed by atoms with Crippen LogP contribution in [0.3, 0.4) is 0 Å². The van der Waals surface area contributed by atoms with E-state index in [0.717, 1.165) is 35.7 Å². The number of esters is 1. The van der Waals surface area contributed by atoms with Crippen molar-refractivity contribution in [2.24, 2.45) is 7.05 Å². The molecule has 0 bridgehead atoms. The summed E-state index contributed by atoms with van der Waals surface area (Å²) >= 11 is 0. The normalized spacial score (nSPS) is 13.3. The van der Waals surface area contributed by atoms with Gasteiger partial charge in [-0.1, -0.05) is 6.07 Å². The van der Waals surface area contributed by atoms with Gasteiger partial charge in [-0.2, -0.15) is 0 Å². The highest BCUT2D eigenvalue weighted by atomic mass is 35.5. The second kappa shape index (κ2) is 14.0. The number of halogens is 3. The molecule has 0 unspecified atom stereocenters. The quantitative estimate of drug-likeness (QED) is 0.306. The molecule has 0 aliphatic carbocycles. The minimum atomic E-state index is -0.386. The number of hydrogen-bond acceptors (Lipinski definition) is 7. The van der Waals surface area contributed by atoms with Crippen LogP contribution in [0.2, 0.25) is 0 Å². The lowest BCUT2D eigenvalue weighted by Gasteiger charge is -2.27. The smallest absolute Gasteiger partial charge is 0.340 e. The number of rotatable bonds is 7. The molecule has 0 spiro atoms. The first-order valence-corrected chi connectivity index (χ1v) is 12.2. The number of ether oxygens (including phenoxy) is 2. The van der Waals surface area contributed by atoms with Gasteiger partial charge in [0.15, 0.2) is 0 Å². The molecule has 1 aliphatic heterocycles. The molecule has 1 saturated heterocycles. The van der Waals surface area contributed by atoms with Crippen molar-refractivity contribution in [1.29, 1.82) is 0 Å². The van der Waals surface area contributed by atoms with Gasteiger partial charge in [-0.05, 0) is 26.0 Å². The number of aromatic hydroxyl groups is 1. The molecule has 0 saturated carbocycles. The maximum absolute atomic E-state index is 13.4. The van der Waals surface area contributed by atoms with Crippen LogP contribution in [0, 0.1) is 6.92 Å². The number of phenolic OH excluding ortho intramolecular Hbond substituents is 1. The highest BCUT2D eigenvalue weighted by Gasteiger charge is 2.29. The number of aromatic nitrogens is 4. The average molecular weight is 599 g/mol. The first-order valence-electron chi connectivity index (χ1n) is 12.2. The van der Waals surface area contributed by atoms with E-state index in [-0.39, 0.29) is 55.5 Å². The number of fused-ring (bicyclic) bond motifs is 1. The summed E-state index contributed by atoms with van der Waals surface area (Å²) in [4.78, 5) is 24.3. The van der Waals surface area contributed by atoms with E-state index in [2.05, 4.69) is 19.4 Å². The van der Waals surface area contributed by atoms with Crippen LogP contribution in [0.25, 0.3) is 22.0 Å². The predicted molar refractivity (Wildman–Crippen MR) is 158 cm³/mol. The van der Waals surface area contributed by atoms with Gasteiger partial charge in [0.05, 0.1) is 37.4 Å². The number of phenols is 1. The monoisotopic (exact) mass is 597 g/mol. The zero-order chi connectivity index (χ0) is 25.2. The Bertz CT molecular complexity index is 1400. The summed E-state index contributed by atoms with van der Waals surface area (Å²) in [5.74, 6) is 0.553. The molecule has 0 radical (unpaired) electrons. The van der Waals surface area contributed by atoms with Gasteiger partial charge in [-0.15, -0.1) is 37.2 Å². The van der Waals surface area contributed by atoms with Gasteiger partial charge in [0.25, 0.3) is 0 Å². The number of imidazole rings is 1. The lowest BCUT2D eigenvalue weighted by Crippen LogP contribution is -2.36. The average Bonchev–Trinajstić information content (AvgIpc) is 3.42. The molecular formula is C27H34Cl3N5O4. The van der Waals surface area contributed by atoms with Gasteiger partial charge in [0.2, 0.25) is 0 Å². The number of carbonyl (C=O) groups excluding carboxylic acids is 1. The standard InChI is InChI=1S/C27H31N5O4.3ClH/c1-4-36-27(34)25-23(17-31-10-12-35-13-11-31)30(3)22-14-20(19-6-5-7-28-15-19)26(33)21(24(22)25)16-32-9-8-29-18(32)2;;;/h5-9,14-15,33H,4,10-13,16-17H2,1-3H3;3*1H. The van der Waals surface area contributed by atoms with Crippen molar-refractivity contribution >= 4 is 54.1 Å². The van der Waals surface area contributed by atoms with Gasteiger partial charge in [-0.3, -0.25) is 9.88 Å². The van der Waals surface area contributed by atoms with Crippen molar-refractivity contribution < 1.29 is 19.4 Å². The SMILES string of the molecule is CCOC(=O)c1c(CN2CCOCC2)n(C)c2cc(-c3cccnc3)c(O)c(Cn3ccnc3C)c12.Cl.Cl.Cl. The van der Waals surface area contributed by atoms with Gasteiger partial charge in [0.1, 0.15) is 11.6 Å². The third kappa shape index (κ3) is 6.34. The third-order valence-electron chi connectivity index (χ3n) is 6.87. The number of aryl methyl sites for hydroxylation is 2. The second-order valence-electron chi connectivity index (χ2n) is 8.98. The van der Waals surface area contributed by atoms with E-state index in [1.54, 1.807) is 25.5 Å². The number of carbonyl (C=O) groups is 1. The Morgan fingerprint density at radius 1 is 1.15 bits per heavy atom. The van der Waals surface area contributed by atoms with Crippen molar-refractivity contribution in [3.05, 3.63) is 65.6 Å². The Morgan fingerprint density at radius 3 is 2.51 bits per heavy atom. The first-order chi connectivity index (χ1) is 17.5. The number of hydrogen-bond donors (Lipinski definition) is 1. The Hall–Kier alpha value is -2.82. The molecule has 212 valence electrons. The topological polar surface area (TPSA) is 94.6 Å². The summed E-state index contributed by atoms with van der Waals surface area (Å²) < 4.78 is 15.1. The minimum absolute atomic E-state index is 0. The molecular weight excluding hydrogens is 565 g/mol. The van der Waals surface area contributed by atoms with E-state index in [9.17, 15) is 9.90 Å². The van der Waals surface area contributed by atoms with E-state index in [1.165, 1.54) is 0 Å². The van der Waals surface area contributed by atoms with E-state index < -0.39 is 0 Å². The van der Waals surface area contributed by atoms with E-state index in [0.29, 0.717) is 48.4 Å². The fourth-order valence-corrected chi connectivity index (χ4v) is 4.93. The molecule has 5 rings (SSSR count). The minimum Gasteiger partial charge on any atom is -0.507 e. The van der Waals surface area contributed by atoms with Gasteiger partial charge >= 0.3 is 5.97 Å². The maximum atomic E-state index is 13.4. The number of nitrogens with zero attached hydrogens (tertiary/aromatic N) is 5. The Morgan fingerprint density at radius 2 is 1.90 bits per heavy atom. The van der Waals surface area contributed by atoms with Crippen molar-refractivity contribution in [1.82, 2.24) is 24.0 Å². The molecule has 4 heterocycles. The molecule has 1 aliphatic rings. The molecule has 3 aromatic heterocycles. The van der Waals surface area contributed by atoms with Crippen molar-refractivity contribution in [3.63, 3.8) is 0 Å². The molecule has 4 aromatic rings. The van der Waals surface area contributed by atoms with E-state index in [1.807, 2.05) is 42.9 Å². The van der Waals surface area contributed by atoms with E-state index in [4.69, 9.17) is 9.47 Å². The fraction of sp³-hybridized carbons (Fsp3) is 0.370. The van der Waals surface area contributed by atoms with Gasteiger partial charge in [-0.25, -0.2) is 9.78 Å². The van der Waals surface area contributed by atoms with Crippen LogP contribution in [-0.4, -0.2) is 68.0 Å². The van der Waals surface area contributed by atoms with E-state index >= 15 is 0 Å². The fourth-order valence-electron chi connectivity index (χ4n) is 4.93. The molecule has 1 N–H and O–H groups in total. The van der Waals surface area contributed by atoms with Gasteiger partial charge in [0, 0.05) is 79.2 Å². The van der Waals surface area contributed by atoms with Crippen molar-refractivity contribution in [3.8, 4) is 16.9 Å². The van der Waals surface area contributed by atoms with Crippen molar-refractivity contribution in [2.75, 3.05) is 32.9 Å². The third-order valence-corrected chi connectivity index (χ3v) is 6.87. The molecule has 1 aromatic carbocycles. The zero-order valence-corrected chi connectivity index (χ0v) is 24.6.